The summed E-state index contributed by atoms with van der Waals surface area (Å²) in [4.78, 5) is 16.7. The van der Waals surface area contributed by atoms with E-state index >= 15 is 0 Å². The molecule has 1 heterocycles. The second kappa shape index (κ2) is 7.25. The Labute approximate surface area is 150 Å². The lowest BCUT2D eigenvalue weighted by molar-refractivity contribution is -0.121. The fourth-order valence-corrected chi connectivity index (χ4v) is 3.37. The molecular weight excluding hydrogens is 357 g/mol. The summed E-state index contributed by atoms with van der Waals surface area (Å²) in [6, 6.07) is 13.3. The Balaban J connectivity index is 1.81. The average Bonchev–Trinajstić information content (AvgIpc) is 2.90. The highest BCUT2D eigenvalue weighted by Crippen LogP contribution is 2.17. The molecule has 2 aromatic carbocycles. The van der Waals surface area contributed by atoms with Crippen molar-refractivity contribution in [2.24, 2.45) is 0 Å². The molecule has 0 fully saturated rings. The van der Waals surface area contributed by atoms with Crippen LogP contribution >= 0.6 is 0 Å². The molecule has 0 spiro atoms. The Hall–Kier alpha value is -2.74. The molecule has 0 bridgehead atoms. The molecule has 0 atom stereocenters. The molecule has 0 aliphatic rings. The van der Waals surface area contributed by atoms with E-state index in [4.69, 9.17) is 0 Å². The van der Waals surface area contributed by atoms with Gasteiger partial charge >= 0.3 is 0 Å². The molecule has 3 rings (SSSR count). The number of hydrogen-bond acceptors (Lipinski definition) is 4. The minimum atomic E-state index is -3.31. The maximum absolute atomic E-state index is 13.6. The standard InChI is InChI=1S/C18H18FN3O3S/c1-26(24,25)12-17-21-15-8-4-5-9-16(15)22(17)11-18(23)20-10-13-6-2-3-7-14(13)19/h2-9H,10-12H2,1H3,(H,20,23). The molecule has 1 amide bonds. The molecule has 0 saturated heterocycles. The first-order valence-corrected chi connectivity index (χ1v) is 10.0. The number of sulfone groups is 1. The van der Waals surface area contributed by atoms with Gasteiger partial charge in [-0.15, -0.1) is 0 Å². The van der Waals surface area contributed by atoms with E-state index in [1.165, 1.54) is 6.07 Å². The van der Waals surface area contributed by atoms with Gasteiger partial charge in [-0.2, -0.15) is 0 Å². The maximum Gasteiger partial charge on any atom is 0.240 e. The van der Waals surface area contributed by atoms with Gasteiger partial charge in [0, 0.05) is 18.4 Å². The topological polar surface area (TPSA) is 81.1 Å². The predicted molar refractivity (Wildman–Crippen MR) is 96.5 cm³/mol. The molecule has 136 valence electrons. The minimum absolute atomic E-state index is 0.0551. The molecule has 26 heavy (non-hydrogen) atoms. The van der Waals surface area contributed by atoms with Crippen molar-refractivity contribution in [2.45, 2.75) is 18.8 Å². The lowest BCUT2D eigenvalue weighted by Crippen LogP contribution is -2.28. The van der Waals surface area contributed by atoms with Crippen LogP contribution in [0.5, 0.6) is 0 Å². The molecule has 0 aliphatic carbocycles. The van der Waals surface area contributed by atoms with Crippen molar-refractivity contribution in [3.05, 3.63) is 65.7 Å². The first kappa shape index (κ1) is 18.1. The van der Waals surface area contributed by atoms with E-state index in [1.54, 1.807) is 47.0 Å². The summed E-state index contributed by atoms with van der Waals surface area (Å²) in [5, 5.41) is 2.66. The van der Waals surface area contributed by atoms with Crippen molar-refractivity contribution in [2.75, 3.05) is 6.26 Å². The summed E-state index contributed by atoms with van der Waals surface area (Å²) in [5.41, 5.74) is 1.67. The van der Waals surface area contributed by atoms with Gasteiger partial charge < -0.3 is 9.88 Å². The first-order valence-electron chi connectivity index (χ1n) is 7.95. The zero-order valence-corrected chi connectivity index (χ0v) is 15.0. The molecule has 0 radical (unpaired) electrons. The first-order chi connectivity index (χ1) is 12.3. The van der Waals surface area contributed by atoms with E-state index in [0.29, 0.717) is 22.4 Å². The SMILES string of the molecule is CS(=O)(=O)Cc1nc2ccccc2n1CC(=O)NCc1ccccc1F. The van der Waals surface area contributed by atoms with E-state index in [1.807, 2.05) is 0 Å². The predicted octanol–water partition coefficient (Wildman–Crippen LogP) is 2.04. The Morgan fingerprint density at radius 2 is 1.85 bits per heavy atom. The molecule has 3 aromatic rings. The van der Waals surface area contributed by atoms with E-state index in [2.05, 4.69) is 10.3 Å². The number of hydrogen-bond donors (Lipinski definition) is 1. The lowest BCUT2D eigenvalue weighted by atomic mass is 10.2. The highest BCUT2D eigenvalue weighted by Gasteiger charge is 2.17. The van der Waals surface area contributed by atoms with Crippen LogP contribution in [0.2, 0.25) is 0 Å². The number of para-hydroxylation sites is 2. The molecule has 0 saturated carbocycles. The third-order valence-corrected chi connectivity index (χ3v) is 4.64. The van der Waals surface area contributed by atoms with Crippen LogP contribution in [0.1, 0.15) is 11.4 Å². The van der Waals surface area contributed by atoms with Crippen LogP contribution in [0.4, 0.5) is 4.39 Å². The fraction of sp³-hybridized carbons (Fsp3) is 0.222. The molecule has 8 heteroatoms. The van der Waals surface area contributed by atoms with E-state index in [0.717, 1.165) is 6.26 Å². The third-order valence-electron chi connectivity index (χ3n) is 3.86. The molecule has 1 aromatic heterocycles. The number of amides is 1. The van der Waals surface area contributed by atoms with Gasteiger partial charge in [0.05, 0.1) is 11.0 Å². The number of rotatable bonds is 6. The number of imidazole rings is 1. The van der Waals surface area contributed by atoms with Crippen molar-refractivity contribution in [3.8, 4) is 0 Å². The maximum atomic E-state index is 13.6. The normalized spacial score (nSPS) is 11.6. The van der Waals surface area contributed by atoms with E-state index in [9.17, 15) is 17.6 Å². The third kappa shape index (κ3) is 4.26. The van der Waals surface area contributed by atoms with Gasteiger partial charge in [0.2, 0.25) is 5.91 Å². The van der Waals surface area contributed by atoms with E-state index < -0.39 is 15.7 Å². The number of nitrogens with zero attached hydrogens (tertiary/aromatic N) is 2. The summed E-state index contributed by atoms with van der Waals surface area (Å²) in [6.45, 7) is -0.0423. The second-order valence-electron chi connectivity index (χ2n) is 6.04. The Morgan fingerprint density at radius 3 is 2.58 bits per heavy atom. The summed E-state index contributed by atoms with van der Waals surface area (Å²) in [6.07, 6.45) is 1.12. The number of aromatic nitrogens is 2. The summed E-state index contributed by atoms with van der Waals surface area (Å²) in [7, 11) is -3.31. The van der Waals surface area contributed by atoms with Crippen LogP contribution in [0.25, 0.3) is 11.0 Å². The highest BCUT2D eigenvalue weighted by molar-refractivity contribution is 7.89. The van der Waals surface area contributed by atoms with Crippen molar-refractivity contribution < 1.29 is 17.6 Å². The van der Waals surface area contributed by atoms with Gasteiger partial charge in [-0.3, -0.25) is 4.79 Å². The van der Waals surface area contributed by atoms with Crippen LogP contribution in [0.3, 0.4) is 0 Å². The van der Waals surface area contributed by atoms with Crippen LogP contribution in [0, 0.1) is 5.82 Å². The Morgan fingerprint density at radius 1 is 1.15 bits per heavy atom. The van der Waals surface area contributed by atoms with Gasteiger partial charge in [-0.05, 0) is 18.2 Å². The highest BCUT2D eigenvalue weighted by atomic mass is 32.2. The van der Waals surface area contributed by atoms with Crippen molar-refractivity contribution in [3.63, 3.8) is 0 Å². The largest absolute Gasteiger partial charge is 0.350 e. The number of carbonyl (C=O) groups excluding carboxylic acids is 1. The average molecular weight is 375 g/mol. The van der Waals surface area contributed by atoms with Gasteiger partial charge in [0.1, 0.15) is 23.9 Å². The molecule has 0 aliphatic heterocycles. The molecule has 0 unspecified atom stereocenters. The lowest BCUT2D eigenvalue weighted by Gasteiger charge is -2.10. The quantitative estimate of drug-likeness (QED) is 0.715. The number of nitrogens with one attached hydrogen (secondary N) is 1. The van der Waals surface area contributed by atoms with Crippen LogP contribution in [-0.2, 0) is 33.5 Å². The van der Waals surface area contributed by atoms with E-state index in [-0.39, 0.29) is 24.7 Å². The van der Waals surface area contributed by atoms with Gasteiger partial charge in [0.25, 0.3) is 0 Å². The fourth-order valence-electron chi connectivity index (χ4n) is 2.68. The monoisotopic (exact) mass is 375 g/mol. The smallest absolute Gasteiger partial charge is 0.240 e. The van der Waals surface area contributed by atoms with Gasteiger partial charge in [-0.1, -0.05) is 30.3 Å². The Bertz CT molecular complexity index is 1060. The van der Waals surface area contributed by atoms with Crippen LogP contribution in [0.15, 0.2) is 48.5 Å². The zero-order chi connectivity index (χ0) is 18.7. The number of halogens is 1. The summed E-state index contributed by atoms with van der Waals surface area (Å²) in [5.74, 6) is -0.706. The van der Waals surface area contributed by atoms with Crippen LogP contribution in [-0.4, -0.2) is 30.1 Å². The van der Waals surface area contributed by atoms with Crippen LogP contribution < -0.4 is 5.32 Å². The van der Waals surface area contributed by atoms with Crippen molar-refractivity contribution >= 4 is 26.8 Å². The number of fused-ring (bicyclic) bond motifs is 1. The van der Waals surface area contributed by atoms with Crippen molar-refractivity contribution in [1.29, 1.82) is 0 Å². The molecule has 6 nitrogen and oxygen atoms in total. The van der Waals surface area contributed by atoms with Crippen molar-refractivity contribution in [1.82, 2.24) is 14.9 Å². The van der Waals surface area contributed by atoms with Gasteiger partial charge in [-0.25, -0.2) is 17.8 Å². The molecular formula is C18H18FN3O3S. The summed E-state index contributed by atoms with van der Waals surface area (Å²) >= 11 is 0. The summed E-state index contributed by atoms with van der Waals surface area (Å²) < 4.78 is 38.6. The second-order valence-corrected chi connectivity index (χ2v) is 8.18. The zero-order valence-electron chi connectivity index (χ0n) is 14.1. The van der Waals surface area contributed by atoms with Gasteiger partial charge in [0.15, 0.2) is 9.84 Å². The number of carbonyl (C=O) groups is 1. The Kier molecular flexibility index (Phi) is 5.03. The molecule has 1 N–H and O–H groups in total. The number of benzene rings is 2. The minimum Gasteiger partial charge on any atom is -0.350 e.